The number of hydrogen-bond acceptors (Lipinski definition) is 3. The van der Waals surface area contributed by atoms with E-state index in [1.165, 1.54) is 24.3 Å². The van der Waals surface area contributed by atoms with Gasteiger partial charge in [-0.05, 0) is 24.3 Å². The number of allylic oxidation sites excluding steroid dienone is 2. The zero-order valence-corrected chi connectivity index (χ0v) is 13.0. The molecule has 0 saturated heterocycles. The van der Waals surface area contributed by atoms with E-state index in [4.69, 9.17) is 10.00 Å². The number of para-hydroxylation sites is 2. The number of methoxy groups -OCH3 is 1. The molecule has 0 heterocycles. The molecule has 0 aliphatic rings. The van der Waals surface area contributed by atoms with Gasteiger partial charge in [0.15, 0.2) is 0 Å². The number of carbonyl (C=O) groups is 1. The van der Waals surface area contributed by atoms with Gasteiger partial charge in [-0.3, -0.25) is 4.79 Å². The Bertz CT molecular complexity index is 835. The Morgan fingerprint density at radius 3 is 2.62 bits per heavy atom. The fraction of sp³-hybridized carbons (Fsp3) is 0.0526. The maximum absolute atomic E-state index is 13.5. The van der Waals surface area contributed by atoms with Crippen molar-refractivity contribution in [1.29, 1.82) is 5.26 Å². The van der Waals surface area contributed by atoms with E-state index in [1.54, 1.807) is 37.5 Å². The molecule has 0 aliphatic heterocycles. The molecule has 2 rings (SSSR count). The van der Waals surface area contributed by atoms with E-state index < -0.39 is 11.7 Å². The predicted molar refractivity (Wildman–Crippen MR) is 90.8 cm³/mol. The predicted octanol–water partition coefficient (Wildman–Crippen LogP) is 3.94. The molecule has 1 N–H and O–H groups in total. The van der Waals surface area contributed by atoms with Crippen LogP contribution in [-0.2, 0) is 4.79 Å². The van der Waals surface area contributed by atoms with Crippen molar-refractivity contribution in [3.8, 4) is 11.8 Å². The van der Waals surface area contributed by atoms with Gasteiger partial charge in [0.05, 0.1) is 12.8 Å². The minimum atomic E-state index is -0.674. The van der Waals surface area contributed by atoms with Crippen molar-refractivity contribution in [3.05, 3.63) is 77.6 Å². The van der Waals surface area contributed by atoms with Crippen molar-refractivity contribution in [3.63, 3.8) is 0 Å². The number of rotatable bonds is 5. The second-order valence-electron chi connectivity index (χ2n) is 4.73. The first-order valence-corrected chi connectivity index (χ1v) is 7.13. The SMILES string of the molecule is COc1ccccc1/C=C/C=C(\C#N)C(=O)Nc1ccccc1F. The molecule has 0 saturated carbocycles. The standard InChI is InChI=1S/C19H15FN2O2/c1-24-18-12-5-2-7-14(18)8-6-9-15(13-21)19(23)22-17-11-4-3-10-16(17)20/h2-12H,1H3,(H,22,23)/b8-6+,15-9+. The number of anilines is 1. The molecule has 24 heavy (non-hydrogen) atoms. The van der Waals surface area contributed by atoms with Crippen LogP contribution in [0.2, 0.25) is 0 Å². The molecule has 1 amide bonds. The van der Waals surface area contributed by atoms with Crippen LogP contribution in [0.3, 0.4) is 0 Å². The summed E-state index contributed by atoms with van der Waals surface area (Å²) in [5.41, 5.74) is 0.699. The zero-order chi connectivity index (χ0) is 17.4. The molecule has 120 valence electrons. The van der Waals surface area contributed by atoms with E-state index in [9.17, 15) is 9.18 Å². The molecular formula is C19H15FN2O2. The molecule has 0 bridgehead atoms. The van der Waals surface area contributed by atoms with Crippen LogP contribution >= 0.6 is 0 Å². The van der Waals surface area contributed by atoms with E-state index in [1.807, 2.05) is 18.2 Å². The lowest BCUT2D eigenvalue weighted by molar-refractivity contribution is -0.112. The Morgan fingerprint density at radius 1 is 1.21 bits per heavy atom. The maximum atomic E-state index is 13.5. The van der Waals surface area contributed by atoms with Crippen molar-refractivity contribution >= 4 is 17.7 Å². The largest absolute Gasteiger partial charge is 0.496 e. The van der Waals surface area contributed by atoms with Crippen LogP contribution in [0.1, 0.15) is 5.56 Å². The topological polar surface area (TPSA) is 62.1 Å². The van der Waals surface area contributed by atoms with Gasteiger partial charge >= 0.3 is 0 Å². The summed E-state index contributed by atoms with van der Waals surface area (Å²) < 4.78 is 18.7. The van der Waals surface area contributed by atoms with Gasteiger partial charge in [-0.25, -0.2) is 4.39 Å². The number of ether oxygens (including phenoxy) is 1. The molecule has 0 radical (unpaired) electrons. The number of nitriles is 1. The quantitative estimate of drug-likeness (QED) is 0.515. The summed E-state index contributed by atoms with van der Waals surface area (Å²) >= 11 is 0. The Balaban J connectivity index is 2.14. The van der Waals surface area contributed by atoms with Gasteiger partial charge in [-0.2, -0.15) is 5.26 Å². The minimum Gasteiger partial charge on any atom is -0.496 e. The molecule has 2 aromatic carbocycles. The number of benzene rings is 2. The van der Waals surface area contributed by atoms with Gasteiger partial charge in [-0.15, -0.1) is 0 Å². The number of amides is 1. The van der Waals surface area contributed by atoms with Gasteiger partial charge in [-0.1, -0.05) is 42.5 Å². The lowest BCUT2D eigenvalue weighted by Gasteiger charge is -2.04. The van der Waals surface area contributed by atoms with Crippen molar-refractivity contribution in [2.75, 3.05) is 12.4 Å². The average Bonchev–Trinajstić information content (AvgIpc) is 2.61. The first-order valence-electron chi connectivity index (χ1n) is 7.13. The van der Waals surface area contributed by atoms with Gasteiger partial charge in [0.25, 0.3) is 5.91 Å². The Hall–Kier alpha value is -3.39. The lowest BCUT2D eigenvalue weighted by atomic mass is 10.1. The fourth-order valence-electron chi connectivity index (χ4n) is 1.97. The van der Waals surface area contributed by atoms with E-state index >= 15 is 0 Å². The lowest BCUT2D eigenvalue weighted by Crippen LogP contribution is -2.14. The van der Waals surface area contributed by atoms with Crippen LogP contribution in [0.4, 0.5) is 10.1 Å². The summed E-state index contributed by atoms with van der Waals surface area (Å²) in [6.07, 6.45) is 4.65. The molecule has 5 heteroatoms. The van der Waals surface area contributed by atoms with Crippen molar-refractivity contribution < 1.29 is 13.9 Å². The first kappa shape index (κ1) is 17.0. The third-order valence-corrected chi connectivity index (χ3v) is 3.16. The normalized spacial score (nSPS) is 11.1. The Labute approximate surface area is 139 Å². The molecule has 0 aliphatic carbocycles. The molecule has 4 nitrogen and oxygen atoms in total. The van der Waals surface area contributed by atoms with Crippen molar-refractivity contribution in [1.82, 2.24) is 0 Å². The maximum Gasteiger partial charge on any atom is 0.266 e. The van der Waals surface area contributed by atoms with Crippen LogP contribution in [0.25, 0.3) is 6.08 Å². The van der Waals surface area contributed by atoms with Crippen LogP contribution in [0.15, 0.2) is 66.3 Å². The molecule has 0 unspecified atom stereocenters. The second-order valence-corrected chi connectivity index (χ2v) is 4.73. The molecule has 0 atom stereocenters. The second kappa shape index (κ2) is 8.30. The number of nitrogens with one attached hydrogen (secondary N) is 1. The first-order chi connectivity index (χ1) is 11.7. The average molecular weight is 322 g/mol. The van der Waals surface area contributed by atoms with Gasteiger partial charge < -0.3 is 10.1 Å². The number of carbonyl (C=O) groups excluding carboxylic acids is 1. The number of halogens is 1. The van der Waals surface area contributed by atoms with E-state index in [-0.39, 0.29) is 11.3 Å². The Morgan fingerprint density at radius 2 is 1.92 bits per heavy atom. The molecule has 0 aromatic heterocycles. The van der Waals surface area contributed by atoms with E-state index in [0.717, 1.165) is 5.56 Å². The highest BCUT2D eigenvalue weighted by Crippen LogP contribution is 2.19. The highest BCUT2D eigenvalue weighted by Gasteiger charge is 2.10. The summed E-state index contributed by atoms with van der Waals surface area (Å²) in [6, 6.07) is 14.9. The summed E-state index contributed by atoms with van der Waals surface area (Å²) in [5.74, 6) is -0.559. The Kier molecular flexibility index (Phi) is 5.87. The summed E-state index contributed by atoms with van der Waals surface area (Å²) in [6.45, 7) is 0. The molecule has 0 spiro atoms. The molecule has 0 fully saturated rings. The van der Waals surface area contributed by atoms with Crippen molar-refractivity contribution in [2.45, 2.75) is 0 Å². The van der Waals surface area contributed by atoms with Gasteiger partial charge in [0.1, 0.15) is 23.2 Å². The zero-order valence-electron chi connectivity index (χ0n) is 13.0. The highest BCUT2D eigenvalue weighted by atomic mass is 19.1. The summed E-state index contributed by atoms with van der Waals surface area (Å²) in [5, 5.41) is 11.5. The third-order valence-electron chi connectivity index (χ3n) is 3.16. The number of hydrogen-bond donors (Lipinski definition) is 1. The van der Waals surface area contributed by atoms with Crippen LogP contribution < -0.4 is 10.1 Å². The highest BCUT2D eigenvalue weighted by molar-refractivity contribution is 6.06. The van der Waals surface area contributed by atoms with E-state index in [2.05, 4.69) is 5.32 Å². The van der Waals surface area contributed by atoms with Crippen LogP contribution in [0, 0.1) is 17.1 Å². The summed E-state index contributed by atoms with van der Waals surface area (Å²) in [4.78, 5) is 12.0. The minimum absolute atomic E-state index is 0.0253. The van der Waals surface area contributed by atoms with Crippen molar-refractivity contribution in [2.24, 2.45) is 0 Å². The molecular weight excluding hydrogens is 307 g/mol. The fourth-order valence-corrected chi connectivity index (χ4v) is 1.97. The van der Waals surface area contributed by atoms with Gasteiger partial charge in [0.2, 0.25) is 0 Å². The van der Waals surface area contributed by atoms with Crippen LogP contribution in [0.5, 0.6) is 5.75 Å². The smallest absolute Gasteiger partial charge is 0.266 e. The third kappa shape index (κ3) is 4.31. The molecule has 2 aromatic rings. The summed E-state index contributed by atoms with van der Waals surface area (Å²) in [7, 11) is 1.56. The monoisotopic (exact) mass is 322 g/mol. The van der Waals surface area contributed by atoms with Gasteiger partial charge in [0, 0.05) is 5.56 Å². The van der Waals surface area contributed by atoms with Crippen LogP contribution in [-0.4, -0.2) is 13.0 Å². The van der Waals surface area contributed by atoms with E-state index in [0.29, 0.717) is 5.75 Å². The number of nitrogens with zero attached hydrogens (tertiary/aromatic N) is 1.